The maximum Gasteiger partial charge on any atom is 0.317 e. The van der Waals surface area contributed by atoms with Crippen LogP contribution in [0.25, 0.3) is 0 Å². The molecule has 0 aliphatic heterocycles. The minimum atomic E-state index is -2.86. The zero-order valence-electron chi connectivity index (χ0n) is 6.76. The molecule has 68 valence electrons. The van der Waals surface area contributed by atoms with Gasteiger partial charge in [-0.25, -0.2) is 0 Å². The van der Waals surface area contributed by atoms with Gasteiger partial charge in [0.15, 0.2) is 0 Å². The lowest BCUT2D eigenvalue weighted by atomic mass is 10.0. The summed E-state index contributed by atoms with van der Waals surface area (Å²) >= 11 is 5.61. The maximum absolute atomic E-state index is 10.4. The van der Waals surface area contributed by atoms with Crippen molar-refractivity contribution in [3.05, 3.63) is 0 Å². The van der Waals surface area contributed by atoms with E-state index in [0.717, 1.165) is 0 Å². The molecule has 0 aliphatic carbocycles. The van der Waals surface area contributed by atoms with Gasteiger partial charge in [0.2, 0.25) is 0 Å². The standard InChI is InChI=1S/C6H14ClO3P/c1-3-6(4-2,5-7)10-11(8)9/h11H,3-5H2,1-2H3,(H,8,9). The Kier molecular flexibility index (Phi) is 5.36. The molecule has 0 heterocycles. The van der Waals surface area contributed by atoms with Crippen molar-refractivity contribution in [2.45, 2.75) is 32.3 Å². The molecule has 0 saturated heterocycles. The van der Waals surface area contributed by atoms with E-state index in [4.69, 9.17) is 21.0 Å². The Balaban J connectivity index is 4.16. The normalized spacial score (nSPS) is 14.9. The van der Waals surface area contributed by atoms with Gasteiger partial charge in [-0.1, -0.05) is 13.8 Å². The molecule has 0 radical (unpaired) electrons. The summed E-state index contributed by atoms with van der Waals surface area (Å²) in [5, 5.41) is 0. The summed E-state index contributed by atoms with van der Waals surface area (Å²) in [5.41, 5.74) is -0.605. The van der Waals surface area contributed by atoms with Crippen molar-refractivity contribution in [2.75, 3.05) is 5.88 Å². The maximum atomic E-state index is 10.4. The molecule has 0 bridgehead atoms. The van der Waals surface area contributed by atoms with Gasteiger partial charge < -0.3 is 9.42 Å². The third-order valence-electron chi connectivity index (χ3n) is 1.84. The Hall–Kier alpha value is 0.440. The lowest BCUT2D eigenvalue weighted by Gasteiger charge is -2.27. The summed E-state index contributed by atoms with van der Waals surface area (Å²) in [4.78, 5) is 8.55. The van der Waals surface area contributed by atoms with Crippen LogP contribution in [-0.4, -0.2) is 16.4 Å². The number of hydrogen-bond acceptors (Lipinski definition) is 2. The Morgan fingerprint density at radius 1 is 1.55 bits per heavy atom. The second-order valence-corrected chi connectivity index (χ2v) is 3.39. The highest BCUT2D eigenvalue weighted by molar-refractivity contribution is 7.32. The lowest BCUT2D eigenvalue weighted by molar-refractivity contribution is 0.0793. The van der Waals surface area contributed by atoms with Gasteiger partial charge in [0.05, 0.1) is 11.5 Å². The monoisotopic (exact) mass is 200 g/mol. The molecular weight excluding hydrogens is 186 g/mol. The largest absolute Gasteiger partial charge is 0.326 e. The molecule has 0 aliphatic rings. The third kappa shape index (κ3) is 3.57. The summed E-state index contributed by atoms with van der Waals surface area (Å²) in [6.07, 6.45) is 1.31. The molecule has 0 amide bonds. The van der Waals surface area contributed by atoms with E-state index in [-0.39, 0.29) is 5.88 Å². The molecular formula is C6H14ClO3P. The smallest absolute Gasteiger partial charge is 0.317 e. The molecule has 0 aromatic rings. The third-order valence-corrected chi connectivity index (χ3v) is 2.93. The Labute approximate surface area is 72.7 Å². The Morgan fingerprint density at radius 2 is 2.00 bits per heavy atom. The van der Waals surface area contributed by atoms with Crippen LogP contribution in [0.2, 0.25) is 0 Å². The van der Waals surface area contributed by atoms with Gasteiger partial charge in [0.1, 0.15) is 0 Å². The molecule has 3 nitrogen and oxygen atoms in total. The average Bonchev–Trinajstić information content (AvgIpc) is 2.00. The zero-order chi connectivity index (χ0) is 8.91. The Morgan fingerprint density at radius 3 is 2.09 bits per heavy atom. The van der Waals surface area contributed by atoms with Gasteiger partial charge >= 0.3 is 8.25 Å². The summed E-state index contributed by atoms with van der Waals surface area (Å²) < 4.78 is 15.3. The van der Waals surface area contributed by atoms with E-state index in [1.807, 2.05) is 13.8 Å². The SMILES string of the molecule is CCC(CC)(CCl)O[PH](=O)O. The molecule has 11 heavy (non-hydrogen) atoms. The fourth-order valence-electron chi connectivity index (χ4n) is 0.796. The highest BCUT2D eigenvalue weighted by atomic mass is 35.5. The van der Waals surface area contributed by atoms with Crippen LogP contribution in [0.5, 0.6) is 0 Å². The molecule has 1 atom stereocenters. The van der Waals surface area contributed by atoms with E-state index < -0.39 is 13.9 Å². The van der Waals surface area contributed by atoms with Crippen molar-refractivity contribution in [1.29, 1.82) is 0 Å². The topological polar surface area (TPSA) is 46.5 Å². The van der Waals surface area contributed by atoms with Crippen molar-refractivity contribution in [3.63, 3.8) is 0 Å². The van der Waals surface area contributed by atoms with Gasteiger partial charge in [0, 0.05) is 0 Å². The number of hydrogen-bond donors (Lipinski definition) is 1. The zero-order valence-corrected chi connectivity index (χ0v) is 8.52. The predicted molar refractivity (Wildman–Crippen MR) is 46.3 cm³/mol. The van der Waals surface area contributed by atoms with Crippen molar-refractivity contribution < 1.29 is 14.0 Å². The van der Waals surface area contributed by atoms with Crippen LogP contribution in [0.15, 0.2) is 0 Å². The molecule has 1 N–H and O–H groups in total. The molecule has 0 spiro atoms. The second kappa shape index (κ2) is 5.15. The first-order valence-electron chi connectivity index (χ1n) is 3.58. The summed E-state index contributed by atoms with van der Waals surface area (Å²) in [6, 6.07) is 0. The van der Waals surface area contributed by atoms with Crippen LogP contribution in [0.1, 0.15) is 26.7 Å². The van der Waals surface area contributed by atoms with Crippen LogP contribution in [0.4, 0.5) is 0 Å². The average molecular weight is 201 g/mol. The minimum absolute atomic E-state index is 0.261. The molecule has 0 rings (SSSR count). The molecule has 0 aromatic heterocycles. The van der Waals surface area contributed by atoms with Gasteiger partial charge in [0.25, 0.3) is 0 Å². The van der Waals surface area contributed by atoms with Gasteiger partial charge in [-0.15, -0.1) is 11.6 Å². The molecule has 0 fully saturated rings. The molecule has 0 aromatic carbocycles. The second-order valence-electron chi connectivity index (χ2n) is 2.39. The fraction of sp³-hybridized carbons (Fsp3) is 1.00. The van der Waals surface area contributed by atoms with Gasteiger partial charge in [-0.05, 0) is 12.8 Å². The Bertz CT molecular complexity index is 128. The number of halogens is 1. The van der Waals surface area contributed by atoms with E-state index >= 15 is 0 Å². The predicted octanol–water partition coefficient (Wildman–Crippen LogP) is 2.18. The highest BCUT2D eigenvalue weighted by Gasteiger charge is 2.27. The summed E-state index contributed by atoms with van der Waals surface area (Å²) in [5.74, 6) is 0.261. The van der Waals surface area contributed by atoms with Crippen LogP contribution < -0.4 is 0 Å². The van der Waals surface area contributed by atoms with Crippen LogP contribution >= 0.6 is 19.9 Å². The summed E-state index contributed by atoms with van der Waals surface area (Å²) in [6.45, 7) is 3.77. The van der Waals surface area contributed by atoms with E-state index in [9.17, 15) is 4.57 Å². The van der Waals surface area contributed by atoms with Gasteiger partial charge in [-0.2, -0.15) is 0 Å². The summed E-state index contributed by atoms with van der Waals surface area (Å²) in [7, 11) is -2.86. The first-order chi connectivity index (χ1) is 5.10. The van der Waals surface area contributed by atoms with Gasteiger partial charge in [-0.3, -0.25) is 4.57 Å². The first kappa shape index (κ1) is 11.4. The van der Waals surface area contributed by atoms with Crippen molar-refractivity contribution in [3.8, 4) is 0 Å². The fourth-order valence-corrected chi connectivity index (χ4v) is 2.05. The first-order valence-corrected chi connectivity index (χ1v) is 5.38. The highest BCUT2D eigenvalue weighted by Crippen LogP contribution is 2.32. The van der Waals surface area contributed by atoms with Crippen LogP contribution in [-0.2, 0) is 9.09 Å². The van der Waals surface area contributed by atoms with Crippen molar-refractivity contribution in [2.24, 2.45) is 0 Å². The number of rotatable bonds is 5. The van der Waals surface area contributed by atoms with Crippen molar-refractivity contribution in [1.82, 2.24) is 0 Å². The van der Waals surface area contributed by atoms with E-state index in [1.165, 1.54) is 0 Å². The molecule has 1 unspecified atom stereocenters. The van der Waals surface area contributed by atoms with E-state index in [1.54, 1.807) is 0 Å². The quantitative estimate of drug-likeness (QED) is 0.547. The van der Waals surface area contributed by atoms with E-state index in [2.05, 4.69) is 0 Å². The number of alkyl halides is 1. The van der Waals surface area contributed by atoms with E-state index in [0.29, 0.717) is 12.8 Å². The van der Waals surface area contributed by atoms with Crippen molar-refractivity contribution >= 4 is 19.9 Å². The molecule has 5 heteroatoms. The lowest BCUT2D eigenvalue weighted by Crippen LogP contribution is -2.30. The van der Waals surface area contributed by atoms with Crippen LogP contribution in [0.3, 0.4) is 0 Å². The minimum Gasteiger partial charge on any atom is -0.326 e. The molecule has 0 saturated carbocycles. The van der Waals surface area contributed by atoms with Crippen LogP contribution in [0, 0.1) is 0 Å².